The van der Waals surface area contributed by atoms with Gasteiger partial charge < -0.3 is 18.7 Å². The highest BCUT2D eigenvalue weighted by Crippen LogP contribution is 2.54. The highest BCUT2D eigenvalue weighted by Gasteiger charge is 2.54. The highest BCUT2D eigenvalue weighted by molar-refractivity contribution is 5.94. The van der Waals surface area contributed by atoms with Gasteiger partial charge >= 0.3 is 0 Å². The Bertz CT molecular complexity index is 1450. The van der Waals surface area contributed by atoms with Gasteiger partial charge in [-0.25, -0.2) is 8.78 Å². The van der Waals surface area contributed by atoms with Crippen molar-refractivity contribution in [2.24, 2.45) is 17.3 Å². The van der Waals surface area contributed by atoms with Gasteiger partial charge in [0.1, 0.15) is 5.60 Å². The van der Waals surface area contributed by atoms with E-state index in [4.69, 9.17) is 18.8 Å². The Labute approximate surface area is 242 Å². The van der Waals surface area contributed by atoms with Crippen molar-refractivity contribution < 1.29 is 27.4 Å². The molecule has 2 aromatic heterocycles. The number of aromatic nitrogens is 4. The molecule has 6 fully saturated rings. The van der Waals surface area contributed by atoms with E-state index in [9.17, 15) is 13.6 Å². The van der Waals surface area contributed by atoms with Crippen molar-refractivity contribution in [1.29, 1.82) is 0 Å². The maximum Gasteiger partial charge on any atom is 0.258 e. The van der Waals surface area contributed by atoms with Gasteiger partial charge in [-0.05, 0) is 88.3 Å². The number of amides is 1. The van der Waals surface area contributed by atoms with Crippen LogP contribution in [0.2, 0.25) is 0 Å². The summed E-state index contributed by atoms with van der Waals surface area (Å²) in [6.07, 6.45) is 6.34. The molecule has 3 aromatic rings. The van der Waals surface area contributed by atoms with Crippen molar-refractivity contribution >= 4 is 11.6 Å². The van der Waals surface area contributed by atoms with Gasteiger partial charge in [0.15, 0.2) is 11.6 Å². The average Bonchev–Trinajstić information content (AvgIpc) is 3.92. The first-order valence-corrected chi connectivity index (χ1v) is 15.4. The van der Waals surface area contributed by atoms with Gasteiger partial charge in [-0.15, -0.1) is 0 Å². The molecule has 0 spiro atoms. The number of hydrogen-bond acceptors (Lipinski definition) is 8. The lowest BCUT2D eigenvalue weighted by Crippen LogP contribution is -2.55. The first kappa shape index (κ1) is 26.4. The lowest BCUT2D eigenvalue weighted by Gasteiger charge is -2.52. The fourth-order valence-electron chi connectivity index (χ4n) is 7.01. The van der Waals surface area contributed by atoms with Crippen molar-refractivity contribution in [2.75, 3.05) is 18.1 Å². The number of carbonyl (C=O) groups excluding carboxylic acids is 1. The summed E-state index contributed by atoms with van der Waals surface area (Å²) in [6.45, 7) is 0.980. The number of hydrogen-bond donors (Lipinski definition) is 0. The fraction of sp³-hybridized carbons (Fsp3) is 0.645. The third-order valence-electron chi connectivity index (χ3n) is 10.2. The Balaban J connectivity index is 1.03. The summed E-state index contributed by atoms with van der Waals surface area (Å²) in [4.78, 5) is 25.0. The Kier molecular flexibility index (Phi) is 6.24. The zero-order valence-electron chi connectivity index (χ0n) is 23.5. The largest absolute Gasteiger partial charge is 0.364 e. The summed E-state index contributed by atoms with van der Waals surface area (Å²) < 4.78 is 44.0. The molecule has 2 bridgehead atoms. The average molecular weight is 580 g/mol. The summed E-state index contributed by atoms with van der Waals surface area (Å²) in [7, 11) is 0. The lowest BCUT2D eigenvalue weighted by molar-refractivity contribution is -0.198. The van der Waals surface area contributed by atoms with Crippen molar-refractivity contribution in [2.45, 2.75) is 94.5 Å². The maximum atomic E-state index is 13.9. The van der Waals surface area contributed by atoms with E-state index in [0.717, 1.165) is 74.3 Å². The molecule has 0 radical (unpaired) electrons. The molecule has 4 heterocycles. The van der Waals surface area contributed by atoms with Gasteiger partial charge in [0.25, 0.3) is 11.8 Å². The Morgan fingerprint density at radius 2 is 1.69 bits per heavy atom. The first-order valence-electron chi connectivity index (χ1n) is 15.4. The van der Waals surface area contributed by atoms with Crippen LogP contribution in [0.5, 0.6) is 0 Å². The second kappa shape index (κ2) is 9.92. The van der Waals surface area contributed by atoms with Crippen molar-refractivity contribution in [3.63, 3.8) is 0 Å². The van der Waals surface area contributed by atoms with E-state index in [1.165, 1.54) is 0 Å². The predicted molar refractivity (Wildman–Crippen MR) is 146 cm³/mol. The molecule has 2 aliphatic heterocycles. The van der Waals surface area contributed by atoms with Gasteiger partial charge in [-0.1, -0.05) is 16.4 Å². The number of anilines is 1. The minimum Gasteiger partial charge on any atom is -0.364 e. The number of fused-ring (bicyclic) bond motifs is 3. The summed E-state index contributed by atoms with van der Waals surface area (Å²) in [5.74, 6) is 2.68. The fourth-order valence-corrected chi connectivity index (χ4v) is 7.01. The molecular weight excluding hydrogens is 544 g/mol. The smallest absolute Gasteiger partial charge is 0.258 e. The van der Waals surface area contributed by atoms with Crippen LogP contribution in [0.25, 0.3) is 11.5 Å². The third kappa shape index (κ3) is 4.83. The number of nitrogens with zero attached hydrogens (tertiary/aromatic N) is 5. The second-order valence-electron chi connectivity index (χ2n) is 13.4. The van der Waals surface area contributed by atoms with Gasteiger partial charge in [-0.2, -0.15) is 9.97 Å². The molecule has 1 aromatic carbocycles. The van der Waals surface area contributed by atoms with Gasteiger partial charge in [-0.3, -0.25) is 4.79 Å². The summed E-state index contributed by atoms with van der Waals surface area (Å²) >= 11 is 0. The summed E-state index contributed by atoms with van der Waals surface area (Å²) in [6, 6.07) is 7.66. The Morgan fingerprint density at radius 3 is 2.36 bits per heavy atom. The zero-order valence-corrected chi connectivity index (χ0v) is 23.5. The number of ether oxygens (including phenoxy) is 1. The SMILES string of the molecule is O=C(CC1CC(C(F)F)C1)N(CC12CCC(c3nc(C4CC4)no3)(CC1)OC2)c1cccc(-c2nc(C3CC3)no2)c1. The van der Waals surface area contributed by atoms with E-state index >= 15 is 0 Å². The van der Waals surface area contributed by atoms with Crippen molar-refractivity contribution in [3.8, 4) is 11.5 Å². The van der Waals surface area contributed by atoms with Gasteiger partial charge in [0.2, 0.25) is 12.3 Å². The summed E-state index contributed by atoms with van der Waals surface area (Å²) in [5.41, 5.74) is 0.733. The Morgan fingerprint density at radius 1 is 0.976 bits per heavy atom. The molecule has 9 rings (SSSR count). The number of halogens is 2. The van der Waals surface area contributed by atoms with Crippen LogP contribution in [0.15, 0.2) is 33.3 Å². The molecular formula is C31H35F2N5O4. The minimum atomic E-state index is -2.32. The van der Waals surface area contributed by atoms with Crippen molar-refractivity contribution in [3.05, 3.63) is 41.8 Å². The van der Waals surface area contributed by atoms with E-state index < -0.39 is 17.9 Å². The molecule has 4 aliphatic carbocycles. The van der Waals surface area contributed by atoms with Crippen LogP contribution in [-0.2, 0) is 15.1 Å². The topological polar surface area (TPSA) is 107 Å². The molecule has 2 saturated heterocycles. The van der Waals surface area contributed by atoms with Crippen LogP contribution < -0.4 is 4.90 Å². The quantitative estimate of drug-likeness (QED) is 0.273. The van der Waals surface area contributed by atoms with E-state index in [1.54, 1.807) is 0 Å². The lowest BCUT2D eigenvalue weighted by atomic mass is 9.65. The molecule has 42 heavy (non-hydrogen) atoms. The van der Waals surface area contributed by atoms with E-state index in [1.807, 2.05) is 29.2 Å². The number of alkyl halides is 2. The molecule has 0 unspecified atom stereocenters. The van der Waals surface area contributed by atoms with Crippen LogP contribution in [0, 0.1) is 17.3 Å². The van der Waals surface area contributed by atoms with Crippen molar-refractivity contribution in [1.82, 2.24) is 20.3 Å². The van der Waals surface area contributed by atoms with E-state index in [2.05, 4.69) is 15.3 Å². The molecule has 222 valence electrons. The van der Waals surface area contributed by atoms with Gasteiger partial charge in [0, 0.05) is 47.4 Å². The zero-order chi connectivity index (χ0) is 28.5. The van der Waals surface area contributed by atoms with Crippen LogP contribution >= 0.6 is 0 Å². The molecule has 1 amide bonds. The molecule has 0 atom stereocenters. The minimum absolute atomic E-state index is 0.0171. The normalized spacial score (nSPS) is 30.5. The molecule has 4 saturated carbocycles. The number of carbonyl (C=O) groups is 1. The van der Waals surface area contributed by atoms with Crippen LogP contribution in [0.1, 0.15) is 100 Å². The van der Waals surface area contributed by atoms with Crippen LogP contribution in [0.3, 0.4) is 0 Å². The monoisotopic (exact) mass is 579 g/mol. The maximum absolute atomic E-state index is 13.9. The van der Waals surface area contributed by atoms with Gasteiger partial charge in [0.05, 0.1) is 6.61 Å². The molecule has 9 nitrogen and oxygen atoms in total. The highest BCUT2D eigenvalue weighted by atomic mass is 19.3. The molecule has 6 aliphatic rings. The summed E-state index contributed by atoms with van der Waals surface area (Å²) in [5, 5.41) is 8.37. The predicted octanol–water partition coefficient (Wildman–Crippen LogP) is 6.37. The number of benzene rings is 1. The first-order chi connectivity index (χ1) is 20.4. The molecule has 0 N–H and O–H groups in total. The van der Waals surface area contributed by atoms with Crippen LogP contribution in [-0.4, -0.2) is 45.8 Å². The second-order valence-corrected chi connectivity index (χ2v) is 13.4. The van der Waals surface area contributed by atoms with E-state index in [0.29, 0.717) is 49.6 Å². The van der Waals surface area contributed by atoms with Crippen LogP contribution in [0.4, 0.5) is 14.5 Å². The Hall–Kier alpha value is -3.21. The molecule has 11 heteroatoms. The standard InChI is InChI=1S/C31H35F2N5O4/c32-25(33)22-12-18(13-22)14-24(39)38(23-3-1-2-21(15-23)28-34-26(36-41-28)19-4-5-19)16-30-8-10-31(11-9-30,40-17-30)29-35-27(37-42-29)20-6-7-20/h1-3,15,18-20,22,25H,4-14,16-17H2. The number of rotatable bonds is 10. The third-order valence-corrected chi connectivity index (χ3v) is 10.2. The van der Waals surface area contributed by atoms with E-state index in [-0.39, 0.29) is 23.7 Å².